The van der Waals surface area contributed by atoms with Gasteiger partial charge in [-0.2, -0.15) is 13.2 Å². The van der Waals surface area contributed by atoms with Crippen LogP contribution in [0.2, 0.25) is 0 Å². The van der Waals surface area contributed by atoms with Crippen molar-refractivity contribution in [3.63, 3.8) is 0 Å². The Bertz CT molecular complexity index is 527. The van der Waals surface area contributed by atoms with E-state index in [1.54, 1.807) is 6.07 Å². The summed E-state index contributed by atoms with van der Waals surface area (Å²) >= 11 is 1.30. The van der Waals surface area contributed by atoms with Crippen molar-refractivity contribution in [2.24, 2.45) is 0 Å². The summed E-state index contributed by atoms with van der Waals surface area (Å²) in [6, 6.07) is 4.41. The highest BCUT2D eigenvalue weighted by atomic mass is 32.2. The van der Waals surface area contributed by atoms with Crippen molar-refractivity contribution in [3.8, 4) is 0 Å². The smallest absolute Gasteiger partial charge is 0.332 e. The first-order chi connectivity index (χ1) is 9.77. The van der Waals surface area contributed by atoms with E-state index in [-0.39, 0.29) is 18.9 Å². The molecule has 1 fully saturated rings. The van der Waals surface area contributed by atoms with Gasteiger partial charge in [0.2, 0.25) is 0 Å². The number of carbonyl (C=O) groups excluding carboxylic acids is 1. The molecule has 0 aliphatic carbocycles. The van der Waals surface area contributed by atoms with E-state index in [2.05, 4.69) is 0 Å². The molecular weight excluding hydrogens is 308 g/mol. The van der Waals surface area contributed by atoms with Gasteiger partial charge in [-0.25, -0.2) is 8.70 Å². The third-order valence-corrected chi connectivity index (χ3v) is 4.41. The van der Waals surface area contributed by atoms with Crippen LogP contribution < -0.4 is 0 Å². The molecule has 2 rings (SSSR count). The average molecular weight is 322 g/mol. The number of hydrogen-bond donors (Lipinski definition) is 0. The second-order valence-corrected chi connectivity index (χ2v) is 5.86. The van der Waals surface area contributed by atoms with Gasteiger partial charge in [0.1, 0.15) is 5.82 Å². The maximum absolute atomic E-state index is 13.2. The van der Waals surface area contributed by atoms with Gasteiger partial charge >= 0.3 is 12.1 Å². The maximum Gasteiger partial charge on any atom is 0.471 e. The minimum Gasteiger partial charge on any atom is -0.332 e. The molecule has 1 aliphatic heterocycles. The summed E-state index contributed by atoms with van der Waals surface area (Å²) in [7, 11) is 0. The Hall–Kier alpha value is -1.28. The Morgan fingerprint density at radius 1 is 1.19 bits per heavy atom. The molecule has 1 aliphatic rings. The van der Waals surface area contributed by atoms with Crippen molar-refractivity contribution in [1.29, 1.82) is 0 Å². The van der Waals surface area contributed by atoms with E-state index in [1.165, 1.54) is 24.1 Å². The second-order valence-electron chi connectivity index (χ2n) is 4.72. The Morgan fingerprint density at radius 3 is 2.38 bits per heavy atom. The van der Waals surface area contributed by atoms with E-state index < -0.39 is 12.1 Å². The predicted molar refractivity (Wildman–Crippen MR) is 71.2 cm³/mol. The van der Waals surface area contributed by atoms with Gasteiger partial charge in [0.25, 0.3) is 0 Å². The van der Waals surface area contributed by atoms with E-state index in [0.717, 1.165) is 15.4 Å². The number of hydrogen-bond acceptors (Lipinski definition) is 3. The van der Waals surface area contributed by atoms with Crippen molar-refractivity contribution in [1.82, 2.24) is 9.21 Å². The van der Waals surface area contributed by atoms with Crippen molar-refractivity contribution in [2.75, 3.05) is 26.2 Å². The van der Waals surface area contributed by atoms with Gasteiger partial charge in [0.15, 0.2) is 0 Å². The summed E-state index contributed by atoms with van der Waals surface area (Å²) in [6.45, 7) is 2.48. The lowest BCUT2D eigenvalue weighted by Crippen LogP contribution is -2.50. The lowest BCUT2D eigenvalue weighted by molar-refractivity contribution is -0.186. The zero-order chi connectivity index (χ0) is 15.6. The quantitative estimate of drug-likeness (QED) is 0.618. The fraction of sp³-hybridized carbons (Fsp3) is 0.462. The van der Waals surface area contributed by atoms with Crippen LogP contribution in [0.5, 0.6) is 0 Å². The number of aryl methyl sites for hydroxylation is 1. The van der Waals surface area contributed by atoms with Gasteiger partial charge in [-0.3, -0.25) is 4.79 Å². The van der Waals surface area contributed by atoms with Crippen LogP contribution in [0, 0.1) is 12.7 Å². The first-order valence-corrected chi connectivity index (χ1v) is 7.10. The van der Waals surface area contributed by atoms with Gasteiger partial charge in [0, 0.05) is 31.1 Å². The van der Waals surface area contributed by atoms with Crippen LogP contribution in [-0.2, 0) is 4.79 Å². The molecule has 1 aromatic rings. The first kappa shape index (κ1) is 16.1. The zero-order valence-corrected chi connectivity index (χ0v) is 12.1. The van der Waals surface area contributed by atoms with Crippen LogP contribution in [0.1, 0.15) is 5.56 Å². The lowest BCUT2D eigenvalue weighted by Gasteiger charge is -2.34. The largest absolute Gasteiger partial charge is 0.471 e. The minimum atomic E-state index is -4.82. The number of piperazine rings is 1. The predicted octanol–water partition coefficient (Wildman–Crippen LogP) is 2.85. The molecule has 116 valence electrons. The van der Waals surface area contributed by atoms with Crippen molar-refractivity contribution < 1.29 is 22.4 Å². The summed E-state index contributed by atoms with van der Waals surface area (Å²) in [6.07, 6.45) is -4.82. The third-order valence-electron chi connectivity index (χ3n) is 3.15. The van der Waals surface area contributed by atoms with Crippen LogP contribution >= 0.6 is 11.9 Å². The van der Waals surface area contributed by atoms with E-state index in [4.69, 9.17) is 0 Å². The monoisotopic (exact) mass is 322 g/mol. The van der Waals surface area contributed by atoms with Crippen molar-refractivity contribution in [2.45, 2.75) is 18.0 Å². The van der Waals surface area contributed by atoms with E-state index in [1.807, 2.05) is 11.2 Å². The molecule has 0 saturated carbocycles. The molecule has 1 saturated heterocycles. The first-order valence-electron chi connectivity index (χ1n) is 6.32. The topological polar surface area (TPSA) is 23.6 Å². The van der Waals surface area contributed by atoms with Gasteiger partial charge in [-0.15, -0.1) is 0 Å². The molecular formula is C13H14F4N2OS. The molecule has 1 amide bonds. The Kier molecular flexibility index (Phi) is 4.77. The van der Waals surface area contributed by atoms with E-state index in [9.17, 15) is 22.4 Å². The highest BCUT2D eigenvalue weighted by Gasteiger charge is 2.43. The molecule has 0 atom stereocenters. The maximum atomic E-state index is 13.2. The van der Waals surface area contributed by atoms with Crippen LogP contribution in [0.4, 0.5) is 17.6 Å². The fourth-order valence-corrected chi connectivity index (χ4v) is 2.97. The van der Waals surface area contributed by atoms with Crippen LogP contribution in [0.3, 0.4) is 0 Å². The average Bonchev–Trinajstić information content (AvgIpc) is 2.42. The van der Waals surface area contributed by atoms with E-state index >= 15 is 0 Å². The lowest BCUT2D eigenvalue weighted by atomic mass is 10.2. The molecule has 1 aromatic carbocycles. The zero-order valence-electron chi connectivity index (χ0n) is 11.3. The van der Waals surface area contributed by atoms with Gasteiger partial charge < -0.3 is 4.90 Å². The number of halogens is 4. The van der Waals surface area contributed by atoms with E-state index in [0.29, 0.717) is 13.1 Å². The molecule has 1 heterocycles. The molecule has 8 heteroatoms. The number of amides is 1. The summed E-state index contributed by atoms with van der Waals surface area (Å²) in [5.41, 5.74) is 0.898. The minimum absolute atomic E-state index is 0.0136. The molecule has 0 spiro atoms. The Labute approximate surface area is 124 Å². The van der Waals surface area contributed by atoms with Crippen LogP contribution in [0.15, 0.2) is 23.1 Å². The molecule has 0 aromatic heterocycles. The molecule has 0 N–H and O–H groups in total. The number of carbonyl (C=O) groups is 1. The summed E-state index contributed by atoms with van der Waals surface area (Å²) < 4.78 is 52.0. The SMILES string of the molecule is Cc1ccc(F)cc1SN1CCN(C(=O)C(F)(F)F)CC1. The number of benzene rings is 1. The molecule has 0 radical (unpaired) electrons. The second kappa shape index (κ2) is 6.23. The summed E-state index contributed by atoms with van der Waals surface area (Å²) in [5, 5.41) is 0. The highest BCUT2D eigenvalue weighted by Crippen LogP contribution is 2.28. The molecule has 0 unspecified atom stereocenters. The molecule has 0 bridgehead atoms. The fourth-order valence-electron chi connectivity index (χ4n) is 1.97. The number of rotatable bonds is 2. The van der Waals surface area contributed by atoms with Gasteiger partial charge in [0.05, 0.1) is 0 Å². The van der Waals surface area contributed by atoms with Crippen molar-refractivity contribution in [3.05, 3.63) is 29.6 Å². The van der Waals surface area contributed by atoms with Crippen LogP contribution in [0.25, 0.3) is 0 Å². The van der Waals surface area contributed by atoms with Crippen LogP contribution in [-0.4, -0.2) is 47.5 Å². The summed E-state index contributed by atoms with van der Waals surface area (Å²) in [4.78, 5) is 12.6. The van der Waals surface area contributed by atoms with Crippen molar-refractivity contribution >= 4 is 17.9 Å². The molecule has 21 heavy (non-hydrogen) atoms. The normalized spacial score (nSPS) is 17.1. The Morgan fingerprint density at radius 2 is 1.81 bits per heavy atom. The Balaban J connectivity index is 1.93. The van der Waals surface area contributed by atoms with Gasteiger partial charge in [-0.05, 0) is 36.6 Å². The summed E-state index contributed by atoms with van der Waals surface area (Å²) in [5.74, 6) is -2.15. The highest BCUT2D eigenvalue weighted by molar-refractivity contribution is 7.97. The van der Waals surface area contributed by atoms with Gasteiger partial charge in [-0.1, -0.05) is 6.07 Å². The number of alkyl halides is 3. The third kappa shape index (κ3) is 4.10. The standard InChI is InChI=1S/C13H14F4N2OS/c1-9-2-3-10(14)8-11(9)21-19-6-4-18(5-7-19)12(20)13(15,16)17/h2-3,8H,4-7H2,1H3. The number of nitrogens with zero attached hydrogens (tertiary/aromatic N) is 2. The molecule has 3 nitrogen and oxygen atoms in total.